The summed E-state index contributed by atoms with van der Waals surface area (Å²) in [5, 5.41) is 11.5. The van der Waals surface area contributed by atoms with Gasteiger partial charge >= 0.3 is 5.97 Å². The molecule has 0 spiro atoms. The maximum Gasteiger partial charge on any atom is 0.304 e. The van der Waals surface area contributed by atoms with E-state index in [1.54, 1.807) is 24.3 Å². The number of carboxylic acid groups (broad SMARTS) is 1. The second kappa shape index (κ2) is 9.86. The van der Waals surface area contributed by atoms with Gasteiger partial charge < -0.3 is 15.3 Å². The van der Waals surface area contributed by atoms with Gasteiger partial charge in [-0.2, -0.15) is 8.42 Å². The van der Waals surface area contributed by atoms with Crippen LogP contribution in [0.15, 0.2) is 33.6 Å². The Morgan fingerprint density at radius 3 is 2.76 bits per heavy atom. The van der Waals surface area contributed by atoms with Crippen molar-refractivity contribution in [1.82, 2.24) is 10.2 Å². The second-order valence-electron chi connectivity index (χ2n) is 6.67. The number of carboxylic acids is 1. The Balaban J connectivity index is 1.59. The van der Waals surface area contributed by atoms with Crippen molar-refractivity contribution >= 4 is 49.3 Å². The molecule has 2 aliphatic rings. The fourth-order valence-electron chi connectivity index (χ4n) is 3.33. The van der Waals surface area contributed by atoms with E-state index in [1.165, 1.54) is 21.6 Å². The van der Waals surface area contributed by atoms with E-state index >= 15 is 0 Å². The predicted octanol–water partition coefficient (Wildman–Crippen LogP) is 1.96. The van der Waals surface area contributed by atoms with Crippen LogP contribution >= 0.6 is 21.6 Å². The normalized spacial score (nSPS) is 20.1. The number of amidine groups is 1. The summed E-state index contributed by atoms with van der Waals surface area (Å²) >= 11 is 0. The van der Waals surface area contributed by atoms with Crippen LogP contribution in [0.25, 0.3) is 0 Å². The summed E-state index contributed by atoms with van der Waals surface area (Å²) in [7, 11) is -0.730. The van der Waals surface area contributed by atoms with Gasteiger partial charge in [0.2, 0.25) is 5.91 Å². The molecule has 3 rings (SSSR count). The number of aliphatic carboxylic acids is 1. The molecule has 158 valence electrons. The number of fused-ring (bicyclic) bond motifs is 1. The Hall–Kier alpha value is -1.72. The molecule has 0 bridgehead atoms. The van der Waals surface area contributed by atoms with Crippen LogP contribution in [0.1, 0.15) is 31.2 Å². The number of sulfonamides is 1. The minimum Gasteiger partial charge on any atom is -0.481 e. The maximum atomic E-state index is 12.8. The van der Waals surface area contributed by atoms with Crippen molar-refractivity contribution < 1.29 is 23.1 Å². The van der Waals surface area contributed by atoms with Crippen LogP contribution in [0.4, 0.5) is 0 Å². The van der Waals surface area contributed by atoms with E-state index in [0.717, 1.165) is 12.8 Å². The van der Waals surface area contributed by atoms with E-state index in [4.69, 9.17) is 5.11 Å². The number of hydrogen-bond acceptors (Lipinski definition) is 7. The van der Waals surface area contributed by atoms with Gasteiger partial charge in [-0.25, -0.2) is 0 Å². The average molecular weight is 458 g/mol. The van der Waals surface area contributed by atoms with Gasteiger partial charge in [0, 0.05) is 30.2 Å². The van der Waals surface area contributed by atoms with E-state index in [0.29, 0.717) is 42.4 Å². The van der Waals surface area contributed by atoms with Gasteiger partial charge in [0.25, 0.3) is 10.0 Å². The summed E-state index contributed by atoms with van der Waals surface area (Å²) in [5.74, 6) is 0.602. The molecule has 0 aliphatic carbocycles. The number of amides is 1. The molecule has 11 heteroatoms. The minimum absolute atomic E-state index is 0.119. The number of piperidine rings is 1. The zero-order chi connectivity index (χ0) is 20.9. The zero-order valence-corrected chi connectivity index (χ0v) is 18.2. The van der Waals surface area contributed by atoms with Gasteiger partial charge in [-0.05, 0) is 31.4 Å². The van der Waals surface area contributed by atoms with Crippen LogP contribution in [-0.4, -0.2) is 66.8 Å². The first-order chi connectivity index (χ1) is 13.9. The van der Waals surface area contributed by atoms with Crippen LogP contribution < -0.4 is 5.32 Å². The Labute approximate surface area is 178 Å². The molecule has 2 heterocycles. The van der Waals surface area contributed by atoms with Gasteiger partial charge in [-0.3, -0.25) is 9.59 Å². The lowest BCUT2D eigenvalue weighted by atomic mass is 9.99. The number of benzene rings is 1. The molecule has 0 saturated carbocycles. The molecule has 1 aromatic carbocycles. The Bertz CT molecular complexity index is 904. The van der Waals surface area contributed by atoms with Crippen molar-refractivity contribution in [2.75, 3.05) is 24.6 Å². The van der Waals surface area contributed by atoms with Crippen molar-refractivity contribution in [3.8, 4) is 0 Å². The molecule has 8 nitrogen and oxygen atoms in total. The van der Waals surface area contributed by atoms with Crippen molar-refractivity contribution in [1.29, 1.82) is 0 Å². The molecule has 2 aliphatic heterocycles. The first-order valence-corrected chi connectivity index (χ1v) is 13.3. The van der Waals surface area contributed by atoms with E-state index in [-0.39, 0.29) is 17.2 Å². The largest absolute Gasteiger partial charge is 0.481 e. The molecule has 1 amide bonds. The van der Waals surface area contributed by atoms with Crippen LogP contribution in [0.2, 0.25) is 0 Å². The highest BCUT2D eigenvalue weighted by atomic mass is 33.1. The molecule has 2 N–H and O–H groups in total. The summed E-state index contributed by atoms with van der Waals surface area (Å²) in [6.45, 7) is 1.05. The van der Waals surface area contributed by atoms with Crippen LogP contribution in [0, 0.1) is 0 Å². The van der Waals surface area contributed by atoms with E-state index in [2.05, 4.69) is 9.71 Å². The monoisotopic (exact) mass is 457 g/mol. The van der Waals surface area contributed by atoms with E-state index < -0.39 is 22.0 Å². The highest BCUT2D eigenvalue weighted by Gasteiger charge is 2.37. The lowest BCUT2D eigenvalue weighted by Gasteiger charge is -2.36. The first-order valence-electron chi connectivity index (χ1n) is 9.35. The van der Waals surface area contributed by atoms with Crippen molar-refractivity contribution in [3.63, 3.8) is 0 Å². The van der Waals surface area contributed by atoms with Crippen LogP contribution in [0.5, 0.6) is 0 Å². The van der Waals surface area contributed by atoms with Crippen molar-refractivity contribution in [2.24, 2.45) is 4.40 Å². The molecule has 0 radical (unpaired) electrons. The predicted molar refractivity (Wildman–Crippen MR) is 115 cm³/mol. The molecule has 1 unspecified atom stereocenters. The molecule has 1 aromatic rings. The third-order valence-corrected chi connectivity index (χ3v) is 8.39. The Morgan fingerprint density at radius 1 is 1.21 bits per heavy atom. The molecule has 1 fully saturated rings. The van der Waals surface area contributed by atoms with E-state index in [1.807, 2.05) is 4.90 Å². The summed E-state index contributed by atoms with van der Waals surface area (Å²) in [6.07, 6.45) is 2.54. The van der Waals surface area contributed by atoms with Gasteiger partial charge in [-0.1, -0.05) is 33.7 Å². The number of carbonyl (C=O) groups excluding carboxylic acids is 1. The highest BCUT2D eigenvalue weighted by molar-refractivity contribution is 8.76. The summed E-state index contributed by atoms with van der Waals surface area (Å²) in [5.41, 5.74) is 0.553. The SMILES string of the molecule is O=C(O)CCSSCCNC(=O)C1CCCCN1C1=NS(=O)(=O)c2ccccc21. The van der Waals surface area contributed by atoms with Gasteiger partial charge in [-0.15, -0.1) is 4.40 Å². The number of carbonyl (C=O) groups is 2. The lowest BCUT2D eigenvalue weighted by Crippen LogP contribution is -2.52. The molecular weight excluding hydrogens is 434 g/mol. The molecule has 0 aromatic heterocycles. The quantitative estimate of drug-likeness (QED) is 0.450. The van der Waals surface area contributed by atoms with Gasteiger partial charge in [0.1, 0.15) is 10.9 Å². The second-order valence-corrected chi connectivity index (χ2v) is 10.9. The molecule has 29 heavy (non-hydrogen) atoms. The molecule has 1 saturated heterocycles. The lowest BCUT2D eigenvalue weighted by molar-refractivity contribution is -0.136. The van der Waals surface area contributed by atoms with Crippen molar-refractivity contribution in [3.05, 3.63) is 29.8 Å². The summed E-state index contributed by atoms with van der Waals surface area (Å²) in [6, 6.07) is 6.26. The van der Waals surface area contributed by atoms with Crippen LogP contribution in [-0.2, 0) is 19.6 Å². The molecule has 1 atom stereocenters. The number of nitrogens with zero attached hydrogens (tertiary/aromatic N) is 2. The summed E-state index contributed by atoms with van der Waals surface area (Å²) in [4.78, 5) is 25.2. The highest BCUT2D eigenvalue weighted by Crippen LogP contribution is 2.30. The fraction of sp³-hybridized carbons (Fsp3) is 0.500. The summed E-state index contributed by atoms with van der Waals surface area (Å²) < 4.78 is 28.7. The standard InChI is InChI=1S/C18H23N3O5S3/c22-16(23)8-11-27-28-12-9-19-18(24)14-6-3-4-10-21(14)17-13-5-1-2-7-15(13)29(25,26)20-17/h1-2,5,7,14H,3-4,6,8-12H2,(H,19,24)(H,22,23). The molecular formula is C18H23N3O5S3. The number of rotatable bonds is 8. The average Bonchev–Trinajstić information content (AvgIpc) is 2.98. The van der Waals surface area contributed by atoms with Gasteiger partial charge in [0.15, 0.2) is 5.84 Å². The maximum absolute atomic E-state index is 12.8. The topological polar surface area (TPSA) is 116 Å². The number of likely N-dealkylation sites (tertiary alicyclic amines) is 1. The van der Waals surface area contributed by atoms with Gasteiger partial charge in [0.05, 0.1) is 6.42 Å². The number of nitrogens with one attached hydrogen (secondary N) is 1. The number of hydrogen-bond donors (Lipinski definition) is 2. The fourth-order valence-corrected chi connectivity index (χ4v) is 6.44. The zero-order valence-electron chi connectivity index (χ0n) is 15.7. The third kappa shape index (κ3) is 5.46. The Kier molecular flexibility index (Phi) is 7.47. The minimum atomic E-state index is -3.72. The first kappa shape index (κ1) is 22.0. The Morgan fingerprint density at radius 2 is 1.97 bits per heavy atom. The van der Waals surface area contributed by atoms with E-state index in [9.17, 15) is 18.0 Å². The smallest absolute Gasteiger partial charge is 0.304 e. The third-order valence-electron chi connectivity index (χ3n) is 4.66. The van der Waals surface area contributed by atoms with Crippen molar-refractivity contribution in [2.45, 2.75) is 36.6 Å². The van der Waals surface area contributed by atoms with Crippen LogP contribution in [0.3, 0.4) is 0 Å².